The summed E-state index contributed by atoms with van der Waals surface area (Å²) < 4.78 is 25.1. The van der Waals surface area contributed by atoms with E-state index in [9.17, 15) is 18.8 Å². The molecule has 3 rings (SSSR count). The lowest BCUT2D eigenvalue weighted by molar-refractivity contribution is -0.134. The summed E-state index contributed by atoms with van der Waals surface area (Å²) in [6.07, 6.45) is 0.619. The number of Topliss-reactive ketones (excluding diaryl/α,β-unsaturated/α-hetero) is 1. The van der Waals surface area contributed by atoms with E-state index in [-0.39, 0.29) is 31.3 Å². The van der Waals surface area contributed by atoms with Crippen LogP contribution in [0.1, 0.15) is 41.3 Å². The Bertz CT molecular complexity index is 976. The van der Waals surface area contributed by atoms with Crippen molar-refractivity contribution in [2.24, 2.45) is 0 Å². The molecule has 1 heterocycles. The molecule has 2 aromatic rings. The van der Waals surface area contributed by atoms with Crippen molar-refractivity contribution in [3.8, 4) is 11.5 Å². The van der Waals surface area contributed by atoms with Crippen LogP contribution in [0.15, 0.2) is 36.4 Å². The molecule has 0 saturated carbocycles. The van der Waals surface area contributed by atoms with E-state index in [0.717, 1.165) is 0 Å². The molecule has 1 unspecified atom stereocenters. The standard InChI is InChI=1S/C22H23FN2O5/c1-13(26)16-4-3-5-20(30-12-14-10-15(29-2)6-7-18(14)23)17(16)11-24-19-8-9-21(27)25-22(19)28/h3-7,10,19,24H,8-9,11-12H2,1-2H3,(H,25,27,28). The highest BCUT2D eigenvalue weighted by atomic mass is 19.1. The molecule has 0 radical (unpaired) electrons. The number of ketones is 1. The molecule has 8 heteroatoms. The Hall–Kier alpha value is -3.26. The largest absolute Gasteiger partial charge is 0.497 e. The number of rotatable bonds is 8. The van der Waals surface area contributed by atoms with Crippen LogP contribution in [0.25, 0.3) is 0 Å². The molecule has 0 aromatic heterocycles. The molecule has 2 aromatic carbocycles. The number of nitrogens with one attached hydrogen (secondary N) is 2. The van der Waals surface area contributed by atoms with Gasteiger partial charge in [-0.1, -0.05) is 12.1 Å². The van der Waals surface area contributed by atoms with Gasteiger partial charge in [0.1, 0.15) is 23.9 Å². The van der Waals surface area contributed by atoms with E-state index in [2.05, 4.69) is 10.6 Å². The number of methoxy groups -OCH3 is 1. The normalized spacial score (nSPS) is 16.2. The zero-order chi connectivity index (χ0) is 21.7. The Morgan fingerprint density at radius 3 is 2.77 bits per heavy atom. The number of hydrogen-bond donors (Lipinski definition) is 2. The molecular formula is C22H23FN2O5. The molecule has 0 bridgehead atoms. The fraction of sp³-hybridized carbons (Fsp3) is 0.318. The summed E-state index contributed by atoms with van der Waals surface area (Å²) in [5, 5.41) is 5.37. The molecule has 158 valence electrons. The summed E-state index contributed by atoms with van der Waals surface area (Å²) in [7, 11) is 1.49. The Morgan fingerprint density at radius 1 is 1.27 bits per heavy atom. The zero-order valence-electron chi connectivity index (χ0n) is 16.8. The number of carbonyl (C=O) groups is 3. The lowest BCUT2D eigenvalue weighted by Crippen LogP contribution is -2.50. The number of hydrogen-bond acceptors (Lipinski definition) is 6. The molecule has 0 aliphatic carbocycles. The highest BCUT2D eigenvalue weighted by Crippen LogP contribution is 2.26. The SMILES string of the molecule is COc1ccc(F)c(COc2cccc(C(C)=O)c2CNC2CCC(=O)NC2=O)c1. The second-order valence-corrected chi connectivity index (χ2v) is 6.97. The lowest BCUT2D eigenvalue weighted by atomic mass is 10.0. The van der Waals surface area contributed by atoms with Crippen LogP contribution in [0.2, 0.25) is 0 Å². The molecule has 0 spiro atoms. The van der Waals surface area contributed by atoms with Gasteiger partial charge < -0.3 is 14.8 Å². The van der Waals surface area contributed by atoms with E-state index in [1.165, 1.54) is 26.2 Å². The fourth-order valence-corrected chi connectivity index (χ4v) is 3.27. The molecular weight excluding hydrogens is 391 g/mol. The summed E-state index contributed by atoms with van der Waals surface area (Å²) in [6.45, 7) is 1.56. The Kier molecular flexibility index (Phi) is 6.79. The number of carbonyl (C=O) groups excluding carboxylic acids is 3. The van der Waals surface area contributed by atoms with Gasteiger partial charge >= 0.3 is 0 Å². The van der Waals surface area contributed by atoms with Crippen molar-refractivity contribution in [3.05, 3.63) is 58.9 Å². The second kappa shape index (κ2) is 9.49. The van der Waals surface area contributed by atoms with E-state index >= 15 is 0 Å². The van der Waals surface area contributed by atoms with Gasteiger partial charge in [0.25, 0.3) is 0 Å². The maximum Gasteiger partial charge on any atom is 0.243 e. The molecule has 1 aliphatic rings. The van der Waals surface area contributed by atoms with Crippen molar-refractivity contribution in [3.63, 3.8) is 0 Å². The third kappa shape index (κ3) is 5.01. The van der Waals surface area contributed by atoms with Gasteiger partial charge in [-0.15, -0.1) is 0 Å². The van der Waals surface area contributed by atoms with E-state index in [1.807, 2.05) is 0 Å². The number of amides is 2. The molecule has 1 fully saturated rings. The van der Waals surface area contributed by atoms with Gasteiger partial charge in [-0.25, -0.2) is 4.39 Å². The van der Waals surface area contributed by atoms with Crippen molar-refractivity contribution < 1.29 is 28.2 Å². The van der Waals surface area contributed by atoms with Crippen LogP contribution in [0.4, 0.5) is 4.39 Å². The average Bonchev–Trinajstić information content (AvgIpc) is 2.72. The van der Waals surface area contributed by atoms with Gasteiger partial charge in [0, 0.05) is 29.7 Å². The van der Waals surface area contributed by atoms with Gasteiger partial charge in [-0.3, -0.25) is 19.7 Å². The number of halogens is 1. The molecule has 1 saturated heterocycles. The molecule has 7 nitrogen and oxygen atoms in total. The summed E-state index contributed by atoms with van der Waals surface area (Å²) in [5.41, 5.74) is 1.32. The van der Waals surface area contributed by atoms with Crippen LogP contribution in [0.3, 0.4) is 0 Å². The van der Waals surface area contributed by atoms with Crippen molar-refractivity contribution in [1.29, 1.82) is 0 Å². The van der Waals surface area contributed by atoms with Crippen molar-refractivity contribution >= 4 is 17.6 Å². The maximum absolute atomic E-state index is 14.1. The number of piperidine rings is 1. The topological polar surface area (TPSA) is 93.7 Å². The first-order valence-corrected chi connectivity index (χ1v) is 9.54. The summed E-state index contributed by atoms with van der Waals surface area (Å²) in [6, 6.07) is 8.86. The molecule has 30 heavy (non-hydrogen) atoms. The molecule has 2 amide bonds. The Labute approximate surface area is 173 Å². The summed E-state index contributed by atoms with van der Waals surface area (Å²) in [4.78, 5) is 35.4. The number of benzene rings is 2. The van der Waals surface area contributed by atoms with Gasteiger partial charge in [0.05, 0.1) is 13.2 Å². The van der Waals surface area contributed by atoms with Crippen molar-refractivity contribution in [2.45, 2.75) is 39.0 Å². The summed E-state index contributed by atoms with van der Waals surface area (Å²) in [5.74, 6) is -0.370. The second-order valence-electron chi connectivity index (χ2n) is 6.97. The predicted octanol–water partition coefficient (Wildman–Crippen LogP) is 2.51. The first-order valence-electron chi connectivity index (χ1n) is 9.54. The maximum atomic E-state index is 14.1. The van der Waals surface area contributed by atoms with Crippen LogP contribution >= 0.6 is 0 Å². The first kappa shape index (κ1) is 21.4. The average molecular weight is 414 g/mol. The van der Waals surface area contributed by atoms with Crippen LogP contribution in [-0.2, 0) is 22.7 Å². The highest BCUT2D eigenvalue weighted by molar-refractivity contribution is 6.00. The zero-order valence-corrected chi connectivity index (χ0v) is 16.8. The van der Waals surface area contributed by atoms with Gasteiger partial charge in [-0.05, 0) is 37.6 Å². The van der Waals surface area contributed by atoms with E-state index in [0.29, 0.717) is 34.6 Å². The smallest absolute Gasteiger partial charge is 0.243 e. The molecule has 2 N–H and O–H groups in total. The number of imide groups is 1. The van der Waals surface area contributed by atoms with Gasteiger partial charge in [0.15, 0.2) is 5.78 Å². The first-order chi connectivity index (χ1) is 14.4. The minimum Gasteiger partial charge on any atom is -0.497 e. The third-order valence-electron chi connectivity index (χ3n) is 4.91. The van der Waals surface area contributed by atoms with Crippen LogP contribution < -0.4 is 20.1 Å². The minimum atomic E-state index is -0.550. The van der Waals surface area contributed by atoms with Crippen LogP contribution in [0, 0.1) is 5.82 Å². The minimum absolute atomic E-state index is 0.0597. The van der Waals surface area contributed by atoms with E-state index in [1.54, 1.807) is 24.3 Å². The third-order valence-corrected chi connectivity index (χ3v) is 4.91. The molecule has 1 atom stereocenters. The quantitative estimate of drug-likeness (QED) is 0.509. The number of ether oxygens (including phenoxy) is 2. The van der Waals surface area contributed by atoms with Crippen molar-refractivity contribution in [1.82, 2.24) is 10.6 Å². The van der Waals surface area contributed by atoms with Gasteiger partial charge in [-0.2, -0.15) is 0 Å². The van der Waals surface area contributed by atoms with Crippen LogP contribution in [0.5, 0.6) is 11.5 Å². The summed E-state index contributed by atoms with van der Waals surface area (Å²) >= 11 is 0. The molecule has 1 aliphatic heterocycles. The van der Waals surface area contributed by atoms with Gasteiger partial charge in [0.2, 0.25) is 11.8 Å². The highest BCUT2D eigenvalue weighted by Gasteiger charge is 2.26. The van der Waals surface area contributed by atoms with E-state index < -0.39 is 17.8 Å². The fourth-order valence-electron chi connectivity index (χ4n) is 3.27. The monoisotopic (exact) mass is 414 g/mol. The Balaban J connectivity index is 1.79. The lowest BCUT2D eigenvalue weighted by Gasteiger charge is -2.23. The van der Waals surface area contributed by atoms with E-state index in [4.69, 9.17) is 9.47 Å². The van der Waals surface area contributed by atoms with Crippen molar-refractivity contribution in [2.75, 3.05) is 7.11 Å². The Morgan fingerprint density at radius 2 is 2.07 bits per heavy atom. The predicted molar refractivity (Wildman–Crippen MR) is 107 cm³/mol. The van der Waals surface area contributed by atoms with Crippen LogP contribution in [-0.4, -0.2) is 30.7 Å².